The molecule has 0 aliphatic rings. The molecule has 1 atom stereocenters. The van der Waals surface area contributed by atoms with Crippen LogP contribution in [0, 0.1) is 6.92 Å². The van der Waals surface area contributed by atoms with Gasteiger partial charge in [0.1, 0.15) is 0 Å². The molecule has 106 valence electrons. The molecule has 1 unspecified atom stereocenters. The normalized spacial score (nSPS) is 12.3. The third-order valence-electron chi connectivity index (χ3n) is 3.63. The molecule has 21 heavy (non-hydrogen) atoms. The molecule has 0 saturated carbocycles. The van der Waals surface area contributed by atoms with Crippen molar-refractivity contribution in [1.82, 2.24) is 15.1 Å². The van der Waals surface area contributed by atoms with Crippen LogP contribution in [0.15, 0.2) is 66.9 Å². The van der Waals surface area contributed by atoms with Crippen LogP contribution in [0.5, 0.6) is 0 Å². The maximum atomic E-state index is 4.48. The van der Waals surface area contributed by atoms with Gasteiger partial charge in [0.15, 0.2) is 0 Å². The average molecular weight is 277 g/mol. The van der Waals surface area contributed by atoms with E-state index in [2.05, 4.69) is 59.8 Å². The third-order valence-corrected chi connectivity index (χ3v) is 3.63. The van der Waals surface area contributed by atoms with E-state index < -0.39 is 0 Å². The largest absolute Gasteiger partial charge is 0.308 e. The molecule has 2 aromatic carbocycles. The number of nitrogens with one attached hydrogen (secondary N) is 1. The van der Waals surface area contributed by atoms with Gasteiger partial charge < -0.3 is 5.32 Å². The molecule has 0 radical (unpaired) electrons. The molecule has 1 N–H and O–H groups in total. The van der Waals surface area contributed by atoms with Crippen molar-refractivity contribution in [3.8, 4) is 5.69 Å². The maximum absolute atomic E-state index is 4.48. The van der Waals surface area contributed by atoms with Crippen LogP contribution in [-0.2, 0) is 0 Å². The molecule has 3 nitrogen and oxygen atoms in total. The monoisotopic (exact) mass is 277 g/mol. The summed E-state index contributed by atoms with van der Waals surface area (Å²) in [6.07, 6.45) is 1.85. The van der Waals surface area contributed by atoms with Gasteiger partial charge in [0.25, 0.3) is 0 Å². The van der Waals surface area contributed by atoms with E-state index in [1.165, 1.54) is 11.1 Å². The van der Waals surface area contributed by atoms with Gasteiger partial charge in [0.05, 0.1) is 17.4 Å². The van der Waals surface area contributed by atoms with Crippen molar-refractivity contribution in [2.24, 2.45) is 0 Å². The Bertz CT molecular complexity index is 716. The Morgan fingerprint density at radius 1 is 1.00 bits per heavy atom. The van der Waals surface area contributed by atoms with Gasteiger partial charge in [-0.3, -0.25) is 0 Å². The van der Waals surface area contributed by atoms with E-state index in [9.17, 15) is 0 Å². The molecular weight excluding hydrogens is 258 g/mol. The zero-order chi connectivity index (χ0) is 14.7. The highest BCUT2D eigenvalue weighted by Crippen LogP contribution is 2.24. The second-order valence-electron chi connectivity index (χ2n) is 5.14. The molecule has 0 aliphatic heterocycles. The van der Waals surface area contributed by atoms with E-state index >= 15 is 0 Å². The van der Waals surface area contributed by atoms with Gasteiger partial charge in [0, 0.05) is 6.20 Å². The average Bonchev–Trinajstić information content (AvgIpc) is 2.98. The Kier molecular flexibility index (Phi) is 3.84. The lowest BCUT2D eigenvalue weighted by Crippen LogP contribution is -2.21. The Morgan fingerprint density at radius 3 is 2.52 bits per heavy atom. The summed E-state index contributed by atoms with van der Waals surface area (Å²) in [6.45, 7) is 2.12. The molecule has 3 rings (SSSR count). The van der Waals surface area contributed by atoms with Crippen LogP contribution in [-0.4, -0.2) is 16.8 Å². The highest BCUT2D eigenvalue weighted by atomic mass is 15.3. The SMILES string of the molecule is CNC(c1cccc(C)c1)c1ccnn1-c1ccccc1. The summed E-state index contributed by atoms with van der Waals surface area (Å²) < 4.78 is 1.99. The fourth-order valence-corrected chi connectivity index (χ4v) is 2.65. The van der Waals surface area contributed by atoms with E-state index in [-0.39, 0.29) is 6.04 Å². The van der Waals surface area contributed by atoms with Crippen molar-refractivity contribution in [1.29, 1.82) is 0 Å². The van der Waals surface area contributed by atoms with Crippen molar-refractivity contribution >= 4 is 0 Å². The lowest BCUT2D eigenvalue weighted by molar-refractivity contribution is 0.637. The Labute approximate surface area is 125 Å². The summed E-state index contributed by atoms with van der Waals surface area (Å²) in [4.78, 5) is 0. The molecular formula is C18H19N3. The van der Waals surface area contributed by atoms with E-state index in [0.717, 1.165) is 11.4 Å². The Hall–Kier alpha value is -2.39. The fraction of sp³-hybridized carbons (Fsp3) is 0.167. The van der Waals surface area contributed by atoms with Crippen LogP contribution in [0.3, 0.4) is 0 Å². The molecule has 0 bridgehead atoms. The fourth-order valence-electron chi connectivity index (χ4n) is 2.65. The van der Waals surface area contributed by atoms with Gasteiger partial charge in [0.2, 0.25) is 0 Å². The molecule has 0 saturated heterocycles. The Morgan fingerprint density at radius 2 is 1.81 bits per heavy atom. The smallest absolute Gasteiger partial charge is 0.0750 e. The molecule has 1 heterocycles. The number of nitrogens with zero attached hydrogens (tertiary/aromatic N) is 2. The first-order valence-electron chi connectivity index (χ1n) is 7.13. The highest BCUT2D eigenvalue weighted by Gasteiger charge is 2.17. The topological polar surface area (TPSA) is 29.9 Å². The van der Waals surface area contributed by atoms with Crippen molar-refractivity contribution in [3.63, 3.8) is 0 Å². The van der Waals surface area contributed by atoms with E-state index in [1.54, 1.807) is 0 Å². The summed E-state index contributed by atoms with van der Waals surface area (Å²) in [6, 6.07) is 21.0. The van der Waals surface area contributed by atoms with Gasteiger partial charge in [-0.1, -0.05) is 48.0 Å². The lowest BCUT2D eigenvalue weighted by atomic mass is 10.0. The van der Waals surface area contributed by atoms with Crippen LogP contribution >= 0.6 is 0 Å². The quantitative estimate of drug-likeness (QED) is 0.791. The molecule has 0 amide bonds. The molecule has 0 spiro atoms. The summed E-state index contributed by atoms with van der Waals surface area (Å²) in [5.74, 6) is 0. The molecule has 3 heteroatoms. The minimum atomic E-state index is 0.118. The van der Waals surface area contributed by atoms with Crippen molar-refractivity contribution in [3.05, 3.63) is 83.7 Å². The number of hydrogen-bond acceptors (Lipinski definition) is 2. The van der Waals surface area contributed by atoms with Gasteiger partial charge in [-0.25, -0.2) is 4.68 Å². The first-order valence-corrected chi connectivity index (χ1v) is 7.13. The van der Waals surface area contributed by atoms with Crippen LogP contribution in [0.4, 0.5) is 0 Å². The minimum absolute atomic E-state index is 0.118. The van der Waals surface area contributed by atoms with Crippen LogP contribution in [0.1, 0.15) is 22.9 Å². The van der Waals surface area contributed by atoms with Crippen LogP contribution < -0.4 is 5.32 Å². The van der Waals surface area contributed by atoms with E-state index in [0.29, 0.717) is 0 Å². The standard InChI is InChI=1S/C18H19N3/c1-14-7-6-8-15(13-14)18(19-2)17-11-12-20-21(17)16-9-4-3-5-10-16/h3-13,18-19H,1-2H3. The summed E-state index contributed by atoms with van der Waals surface area (Å²) in [5.41, 5.74) is 4.72. The van der Waals surface area contributed by atoms with Gasteiger partial charge in [-0.05, 0) is 37.7 Å². The van der Waals surface area contributed by atoms with Crippen LogP contribution in [0.25, 0.3) is 5.69 Å². The zero-order valence-electron chi connectivity index (χ0n) is 12.3. The lowest BCUT2D eigenvalue weighted by Gasteiger charge is -2.19. The highest BCUT2D eigenvalue weighted by molar-refractivity contribution is 5.37. The molecule has 0 aliphatic carbocycles. The number of aryl methyl sites for hydroxylation is 1. The minimum Gasteiger partial charge on any atom is -0.308 e. The number of hydrogen-bond donors (Lipinski definition) is 1. The zero-order valence-corrected chi connectivity index (χ0v) is 12.3. The summed E-state index contributed by atoms with van der Waals surface area (Å²) in [7, 11) is 1.98. The third kappa shape index (κ3) is 2.73. The van der Waals surface area contributed by atoms with Crippen molar-refractivity contribution in [2.45, 2.75) is 13.0 Å². The van der Waals surface area contributed by atoms with Crippen LogP contribution in [0.2, 0.25) is 0 Å². The van der Waals surface area contributed by atoms with Crippen molar-refractivity contribution in [2.75, 3.05) is 7.05 Å². The molecule has 0 fully saturated rings. The number of aromatic nitrogens is 2. The van der Waals surface area contributed by atoms with Crippen molar-refractivity contribution < 1.29 is 0 Å². The Balaban J connectivity index is 2.05. The second-order valence-corrected chi connectivity index (χ2v) is 5.14. The van der Waals surface area contributed by atoms with Gasteiger partial charge >= 0.3 is 0 Å². The van der Waals surface area contributed by atoms with Gasteiger partial charge in [-0.2, -0.15) is 5.10 Å². The van der Waals surface area contributed by atoms with E-state index in [1.807, 2.05) is 36.1 Å². The number of benzene rings is 2. The predicted molar refractivity (Wildman–Crippen MR) is 85.6 cm³/mol. The molecule has 3 aromatic rings. The predicted octanol–water partition coefficient (Wildman–Crippen LogP) is 3.49. The second kappa shape index (κ2) is 5.94. The molecule has 1 aromatic heterocycles. The maximum Gasteiger partial charge on any atom is 0.0750 e. The first-order chi connectivity index (χ1) is 10.3. The van der Waals surface area contributed by atoms with Gasteiger partial charge in [-0.15, -0.1) is 0 Å². The first kappa shape index (κ1) is 13.6. The number of para-hydroxylation sites is 1. The summed E-state index contributed by atoms with van der Waals surface area (Å²) >= 11 is 0. The number of rotatable bonds is 4. The van der Waals surface area contributed by atoms with E-state index in [4.69, 9.17) is 0 Å². The summed E-state index contributed by atoms with van der Waals surface area (Å²) in [5, 5.41) is 7.88.